The van der Waals surface area contributed by atoms with Crippen LogP contribution in [0.3, 0.4) is 0 Å². The van der Waals surface area contributed by atoms with Crippen LogP contribution in [-0.4, -0.2) is 69.1 Å². The highest BCUT2D eigenvalue weighted by Gasteiger charge is 2.61. The first-order valence-corrected chi connectivity index (χ1v) is 15.8. The normalized spacial score (nSPS) is 26.0. The number of thiazole rings is 1. The van der Waals surface area contributed by atoms with E-state index in [9.17, 15) is 24.3 Å². The van der Waals surface area contributed by atoms with Gasteiger partial charge >= 0.3 is 12.1 Å². The lowest BCUT2D eigenvalue weighted by molar-refractivity contribution is -0.146. The van der Waals surface area contributed by atoms with Crippen LogP contribution >= 0.6 is 11.3 Å². The SMILES string of the molecule is C=C[C@@H]1C[C@]1(NC(=O)[C@@H]1C[C@@H](c2csc(-c3ccccc3)n2)CN1C(=O)[C@@H](NC(=O)OC1CCCC1)C(C)(C)C)C(=O)O. The molecule has 0 bridgehead atoms. The van der Waals surface area contributed by atoms with Crippen LogP contribution in [-0.2, 0) is 19.1 Å². The summed E-state index contributed by atoms with van der Waals surface area (Å²) in [5, 5.41) is 18.2. The zero-order valence-corrected chi connectivity index (χ0v) is 25.7. The number of benzene rings is 1. The van der Waals surface area contributed by atoms with Crippen molar-refractivity contribution in [3.05, 3.63) is 54.1 Å². The van der Waals surface area contributed by atoms with Gasteiger partial charge in [-0.2, -0.15) is 0 Å². The number of hydrogen-bond donors (Lipinski definition) is 3. The minimum absolute atomic E-state index is 0.169. The standard InChI is InChI=1S/C32H40N4O6S/c1-5-21-16-32(21,29(39)40)35-26(37)24-15-20(23-18-43-27(33-23)19-11-7-6-8-12-19)17-36(24)28(38)25(31(2,3)4)34-30(41)42-22-13-9-10-14-22/h5-8,11-12,18,20-22,24-25H,1,9-10,13-17H2,2-4H3,(H,34,41)(H,35,37)(H,39,40)/t20-,21-,24+,25-,32-/m1/s1. The molecule has 0 spiro atoms. The molecule has 5 atom stereocenters. The number of carboxylic acid groups (broad SMARTS) is 1. The number of nitrogens with one attached hydrogen (secondary N) is 2. The molecule has 1 aromatic carbocycles. The number of hydrogen-bond acceptors (Lipinski definition) is 7. The first-order chi connectivity index (χ1) is 20.4. The van der Waals surface area contributed by atoms with Gasteiger partial charge in [0.25, 0.3) is 0 Å². The Balaban J connectivity index is 1.40. The molecule has 43 heavy (non-hydrogen) atoms. The number of carbonyl (C=O) groups is 4. The van der Waals surface area contributed by atoms with Gasteiger partial charge in [-0.3, -0.25) is 9.59 Å². The van der Waals surface area contributed by atoms with E-state index in [1.807, 2.05) is 56.5 Å². The van der Waals surface area contributed by atoms with E-state index in [1.54, 1.807) is 0 Å². The van der Waals surface area contributed by atoms with Crippen molar-refractivity contribution in [2.75, 3.05) is 6.54 Å². The van der Waals surface area contributed by atoms with E-state index in [0.717, 1.165) is 41.9 Å². The maximum atomic E-state index is 14.2. The number of carboxylic acids is 1. The smallest absolute Gasteiger partial charge is 0.408 e. The van der Waals surface area contributed by atoms with E-state index in [-0.39, 0.29) is 31.4 Å². The van der Waals surface area contributed by atoms with Gasteiger partial charge < -0.3 is 25.4 Å². The summed E-state index contributed by atoms with van der Waals surface area (Å²) in [6.07, 6.45) is 4.82. The lowest BCUT2D eigenvalue weighted by Gasteiger charge is -2.35. The Morgan fingerprint density at radius 2 is 1.88 bits per heavy atom. The molecule has 2 saturated carbocycles. The van der Waals surface area contributed by atoms with E-state index >= 15 is 0 Å². The number of aliphatic carboxylic acids is 1. The van der Waals surface area contributed by atoms with Gasteiger partial charge in [-0.15, -0.1) is 17.9 Å². The van der Waals surface area contributed by atoms with Gasteiger partial charge in [-0.05, 0) is 43.9 Å². The predicted molar refractivity (Wildman–Crippen MR) is 162 cm³/mol. The van der Waals surface area contributed by atoms with Gasteiger partial charge in [0.15, 0.2) is 0 Å². The van der Waals surface area contributed by atoms with Crippen LogP contribution in [0.5, 0.6) is 0 Å². The molecule has 0 unspecified atom stereocenters. The lowest BCUT2D eigenvalue weighted by atomic mass is 9.85. The third-order valence-electron chi connectivity index (χ3n) is 8.83. The van der Waals surface area contributed by atoms with Crippen LogP contribution < -0.4 is 10.6 Å². The second-order valence-electron chi connectivity index (χ2n) is 12.9. The van der Waals surface area contributed by atoms with Crippen molar-refractivity contribution in [2.24, 2.45) is 11.3 Å². The quantitative estimate of drug-likeness (QED) is 0.350. The maximum Gasteiger partial charge on any atom is 0.408 e. The molecule has 2 aromatic rings. The van der Waals surface area contributed by atoms with Gasteiger partial charge in [-0.25, -0.2) is 14.6 Å². The first-order valence-electron chi connectivity index (χ1n) is 14.9. The minimum atomic E-state index is -1.43. The summed E-state index contributed by atoms with van der Waals surface area (Å²) in [5.74, 6) is -2.74. The lowest BCUT2D eigenvalue weighted by Crippen LogP contribution is -2.59. The summed E-state index contributed by atoms with van der Waals surface area (Å²) in [6.45, 7) is 9.44. The molecule has 5 rings (SSSR count). The topological polar surface area (TPSA) is 138 Å². The molecule has 1 aliphatic heterocycles. The van der Waals surface area contributed by atoms with Gasteiger partial charge in [0.05, 0.1) is 5.69 Å². The average Bonchev–Trinajstić information content (AvgIpc) is 3.43. The second kappa shape index (κ2) is 12.1. The Morgan fingerprint density at radius 3 is 2.49 bits per heavy atom. The molecule has 230 valence electrons. The van der Waals surface area contributed by atoms with Crippen molar-refractivity contribution in [2.45, 2.75) is 88.9 Å². The van der Waals surface area contributed by atoms with E-state index < -0.39 is 52.8 Å². The number of carbonyl (C=O) groups excluding carboxylic acids is 3. The number of ether oxygens (including phenoxy) is 1. The summed E-state index contributed by atoms with van der Waals surface area (Å²) < 4.78 is 5.60. The first kappa shape index (κ1) is 30.7. The highest BCUT2D eigenvalue weighted by atomic mass is 32.1. The number of nitrogens with zero attached hydrogens (tertiary/aromatic N) is 2. The van der Waals surface area contributed by atoms with Crippen molar-refractivity contribution in [1.82, 2.24) is 20.5 Å². The Labute approximate surface area is 255 Å². The minimum Gasteiger partial charge on any atom is -0.479 e. The number of alkyl carbamates (subject to hydrolysis) is 1. The summed E-state index contributed by atoms with van der Waals surface area (Å²) in [7, 11) is 0. The third kappa shape index (κ3) is 6.46. The largest absolute Gasteiger partial charge is 0.479 e. The molecular formula is C32H40N4O6S. The van der Waals surface area contributed by atoms with Gasteiger partial charge in [0.2, 0.25) is 11.8 Å². The molecule has 3 fully saturated rings. The Bertz CT molecular complexity index is 1380. The molecule has 0 radical (unpaired) electrons. The van der Waals surface area contributed by atoms with Crippen molar-refractivity contribution in [1.29, 1.82) is 0 Å². The van der Waals surface area contributed by atoms with E-state index in [1.165, 1.54) is 22.3 Å². The highest BCUT2D eigenvalue weighted by molar-refractivity contribution is 7.13. The van der Waals surface area contributed by atoms with E-state index in [0.29, 0.717) is 0 Å². The zero-order valence-electron chi connectivity index (χ0n) is 24.9. The molecule has 1 aromatic heterocycles. The number of aromatic nitrogens is 1. The van der Waals surface area contributed by atoms with Crippen LogP contribution in [0.4, 0.5) is 4.79 Å². The van der Waals surface area contributed by atoms with Crippen LogP contribution in [0.1, 0.15) is 70.9 Å². The molecule has 3 N–H and O–H groups in total. The molecule has 2 heterocycles. The fourth-order valence-electron chi connectivity index (χ4n) is 6.17. The summed E-state index contributed by atoms with van der Waals surface area (Å²) in [5.41, 5.74) is -0.386. The molecule has 1 saturated heterocycles. The van der Waals surface area contributed by atoms with Crippen LogP contribution in [0, 0.1) is 11.3 Å². The number of rotatable bonds is 9. The summed E-state index contributed by atoms with van der Waals surface area (Å²) >= 11 is 1.49. The maximum absolute atomic E-state index is 14.2. The Morgan fingerprint density at radius 1 is 1.19 bits per heavy atom. The monoisotopic (exact) mass is 608 g/mol. The molecule has 10 nitrogen and oxygen atoms in total. The molecule has 3 aliphatic rings. The Hall–Kier alpha value is -3.73. The molecule has 11 heteroatoms. The predicted octanol–water partition coefficient (Wildman–Crippen LogP) is 4.72. The third-order valence-corrected chi connectivity index (χ3v) is 9.74. The van der Waals surface area contributed by atoms with Crippen LogP contribution in [0.15, 0.2) is 48.4 Å². The van der Waals surface area contributed by atoms with Crippen molar-refractivity contribution in [3.63, 3.8) is 0 Å². The summed E-state index contributed by atoms with van der Waals surface area (Å²) in [6, 6.07) is 7.86. The molecule has 2 aliphatic carbocycles. The molecular weight excluding hydrogens is 568 g/mol. The van der Waals surface area contributed by atoms with Crippen molar-refractivity contribution >= 4 is 35.2 Å². The summed E-state index contributed by atoms with van der Waals surface area (Å²) in [4.78, 5) is 59.4. The highest BCUT2D eigenvalue weighted by Crippen LogP contribution is 2.45. The van der Waals surface area contributed by atoms with E-state index in [2.05, 4.69) is 17.2 Å². The fourth-order valence-corrected chi connectivity index (χ4v) is 7.08. The van der Waals surface area contributed by atoms with Crippen molar-refractivity contribution < 1.29 is 29.0 Å². The van der Waals surface area contributed by atoms with Gasteiger partial charge in [-0.1, -0.05) is 57.2 Å². The zero-order chi connectivity index (χ0) is 30.9. The number of amides is 3. The van der Waals surface area contributed by atoms with Gasteiger partial charge in [0, 0.05) is 29.3 Å². The van der Waals surface area contributed by atoms with Crippen LogP contribution in [0.25, 0.3) is 10.6 Å². The average molecular weight is 609 g/mol. The van der Waals surface area contributed by atoms with Crippen LogP contribution in [0.2, 0.25) is 0 Å². The second-order valence-corrected chi connectivity index (χ2v) is 13.8. The van der Waals surface area contributed by atoms with Crippen molar-refractivity contribution in [3.8, 4) is 10.6 Å². The molecule has 3 amide bonds. The van der Waals surface area contributed by atoms with E-state index in [4.69, 9.17) is 9.72 Å². The van der Waals surface area contributed by atoms with Gasteiger partial charge in [0.1, 0.15) is 28.7 Å². The fraction of sp³-hybridized carbons (Fsp3) is 0.531. The number of likely N-dealkylation sites (tertiary alicyclic amines) is 1. The Kier molecular flexibility index (Phi) is 8.65.